The summed E-state index contributed by atoms with van der Waals surface area (Å²) in [5.41, 5.74) is -3.47. The Balaban J connectivity index is 1.81. The maximum Gasteiger partial charge on any atom is 0.416 e. The van der Waals surface area contributed by atoms with E-state index in [1.54, 1.807) is 55.5 Å². The molecule has 13 heteroatoms. The summed E-state index contributed by atoms with van der Waals surface area (Å²) in [6, 6.07) is 12.0. The number of hydrogen-bond donors (Lipinski definition) is 1. The molecule has 1 aromatic heterocycles. The van der Waals surface area contributed by atoms with Crippen LogP contribution >= 0.6 is 11.6 Å². The number of nitrogens with zero attached hydrogens (tertiary/aromatic N) is 3. The average molecular weight is 639 g/mol. The fraction of sp³-hybridized carbons (Fsp3) is 0.323. The number of unbranched alkanes of at least 4 members (excludes halogenated alkanes) is 3. The van der Waals surface area contributed by atoms with Crippen molar-refractivity contribution in [3.8, 4) is 5.69 Å². The van der Waals surface area contributed by atoms with Gasteiger partial charge in [0.1, 0.15) is 5.82 Å². The molecule has 0 aliphatic heterocycles. The molecule has 3 aromatic carbocycles. The summed E-state index contributed by atoms with van der Waals surface area (Å²) in [6.45, 7) is 3.67. The lowest BCUT2D eigenvalue weighted by atomic mass is 10.1. The van der Waals surface area contributed by atoms with E-state index in [2.05, 4.69) is 5.32 Å². The zero-order valence-corrected chi connectivity index (χ0v) is 24.5. The van der Waals surface area contributed by atoms with E-state index in [9.17, 15) is 35.9 Å². The van der Waals surface area contributed by atoms with Crippen molar-refractivity contribution in [3.63, 3.8) is 0 Å². The molecule has 44 heavy (non-hydrogen) atoms. The minimum Gasteiger partial charge on any atom is -0.315 e. The first-order valence-electron chi connectivity index (χ1n) is 13.9. The maximum absolute atomic E-state index is 13.7. The summed E-state index contributed by atoms with van der Waals surface area (Å²) in [5.74, 6) is 0.140. The van der Waals surface area contributed by atoms with Crippen molar-refractivity contribution < 1.29 is 31.1 Å². The second-order valence-electron chi connectivity index (χ2n) is 10.3. The van der Waals surface area contributed by atoms with Gasteiger partial charge in [0.25, 0.3) is 5.56 Å². The number of amides is 2. The summed E-state index contributed by atoms with van der Waals surface area (Å²) in [7, 11) is 0. The van der Waals surface area contributed by atoms with Crippen molar-refractivity contribution >= 4 is 34.2 Å². The molecule has 4 rings (SSSR count). The number of carbonyl (C=O) groups is 1. The van der Waals surface area contributed by atoms with Crippen molar-refractivity contribution in [2.24, 2.45) is 0 Å². The van der Waals surface area contributed by atoms with Crippen molar-refractivity contribution in [2.75, 3.05) is 11.9 Å². The van der Waals surface area contributed by atoms with Crippen molar-refractivity contribution in [1.82, 2.24) is 14.5 Å². The van der Waals surface area contributed by atoms with Crippen LogP contribution in [0.15, 0.2) is 71.5 Å². The normalized spacial score (nSPS) is 12.8. The van der Waals surface area contributed by atoms with Crippen molar-refractivity contribution in [2.45, 2.75) is 57.9 Å². The van der Waals surface area contributed by atoms with Gasteiger partial charge in [-0.1, -0.05) is 49.9 Å². The lowest BCUT2D eigenvalue weighted by Gasteiger charge is -2.31. The van der Waals surface area contributed by atoms with Crippen LogP contribution in [0, 0.1) is 0 Å². The quantitative estimate of drug-likeness (QED) is 0.147. The number of urea groups is 1. The van der Waals surface area contributed by atoms with Crippen LogP contribution in [0.3, 0.4) is 0 Å². The third kappa shape index (κ3) is 7.53. The van der Waals surface area contributed by atoms with Crippen molar-refractivity contribution in [3.05, 3.63) is 99.1 Å². The van der Waals surface area contributed by atoms with Gasteiger partial charge in [-0.2, -0.15) is 26.3 Å². The molecule has 2 amide bonds. The van der Waals surface area contributed by atoms with Gasteiger partial charge >= 0.3 is 18.4 Å². The Morgan fingerprint density at radius 3 is 2.14 bits per heavy atom. The molecule has 0 fully saturated rings. The Hall–Kier alpha value is -4.06. The number of rotatable bonds is 9. The fourth-order valence-corrected chi connectivity index (χ4v) is 4.94. The minimum absolute atomic E-state index is 0.00932. The lowest BCUT2D eigenvalue weighted by molar-refractivity contribution is -0.143. The first-order valence-corrected chi connectivity index (χ1v) is 14.2. The van der Waals surface area contributed by atoms with E-state index in [0.717, 1.165) is 12.8 Å². The first-order chi connectivity index (χ1) is 20.7. The number of para-hydroxylation sites is 1. The van der Waals surface area contributed by atoms with Crippen LogP contribution in [0.25, 0.3) is 16.6 Å². The maximum atomic E-state index is 13.7. The smallest absolute Gasteiger partial charge is 0.315 e. The second-order valence-corrected chi connectivity index (χ2v) is 10.7. The molecule has 0 spiro atoms. The molecule has 0 bridgehead atoms. The first kappa shape index (κ1) is 32.8. The summed E-state index contributed by atoms with van der Waals surface area (Å²) < 4.78 is 82.2. The topological polar surface area (TPSA) is 67.2 Å². The predicted octanol–water partition coefficient (Wildman–Crippen LogP) is 9.25. The van der Waals surface area contributed by atoms with Crippen LogP contribution in [0.5, 0.6) is 0 Å². The highest BCUT2D eigenvalue weighted by molar-refractivity contribution is 6.30. The number of alkyl halides is 6. The summed E-state index contributed by atoms with van der Waals surface area (Å²) in [4.78, 5) is 33.4. The van der Waals surface area contributed by atoms with Crippen LogP contribution in [-0.2, 0) is 12.4 Å². The van der Waals surface area contributed by atoms with Crippen LogP contribution in [-0.4, -0.2) is 27.0 Å². The van der Waals surface area contributed by atoms with Crippen molar-refractivity contribution in [1.29, 1.82) is 0 Å². The number of fused-ring (bicyclic) bond motifs is 1. The second kappa shape index (κ2) is 13.3. The van der Waals surface area contributed by atoms with Gasteiger partial charge in [0.2, 0.25) is 0 Å². The van der Waals surface area contributed by atoms with Gasteiger partial charge in [-0.15, -0.1) is 0 Å². The molecule has 234 valence electrons. The van der Waals surface area contributed by atoms with E-state index in [1.807, 2.05) is 6.92 Å². The standard InChI is InChI=1S/C31H29ClF6N4O2/c1-3-4-5-8-15-41(29(44)39-23-17-20(30(33,34)35)16-21(18-23)31(36,37)38)19(2)27-40-26-10-7-6-9-25(26)28(43)42(27)24-13-11-22(32)12-14-24/h6-7,9-14,16-19H,3-5,8,15H2,1-2H3,(H,39,44). The number of carbonyl (C=O) groups excluding carboxylic acids is 1. The van der Waals surface area contributed by atoms with Gasteiger partial charge in [-0.25, -0.2) is 9.78 Å². The molecule has 0 radical (unpaired) electrons. The van der Waals surface area contributed by atoms with E-state index in [1.165, 1.54) is 9.47 Å². The largest absolute Gasteiger partial charge is 0.416 e. The number of hydrogen-bond acceptors (Lipinski definition) is 3. The monoisotopic (exact) mass is 638 g/mol. The van der Waals surface area contributed by atoms with E-state index in [4.69, 9.17) is 16.6 Å². The van der Waals surface area contributed by atoms with Crippen LogP contribution < -0.4 is 10.9 Å². The Morgan fingerprint density at radius 2 is 1.55 bits per heavy atom. The predicted molar refractivity (Wildman–Crippen MR) is 157 cm³/mol. The van der Waals surface area contributed by atoms with Gasteiger partial charge in [-0.05, 0) is 67.9 Å². The Morgan fingerprint density at radius 1 is 0.932 bits per heavy atom. The Kier molecular flexibility index (Phi) is 9.92. The van der Waals surface area contributed by atoms with Crippen LogP contribution in [0.2, 0.25) is 5.02 Å². The average Bonchev–Trinajstić information content (AvgIpc) is 2.96. The van der Waals surface area contributed by atoms with Gasteiger partial charge in [-0.3, -0.25) is 9.36 Å². The number of aromatic nitrogens is 2. The van der Waals surface area contributed by atoms with Crippen LogP contribution in [0.1, 0.15) is 62.5 Å². The molecule has 0 saturated heterocycles. The Labute approximate surface area is 254 Å². The Bertz CT molecular complexity index is 1650. The number of anilines is 1. The van der Waals surface area contributed by atoms with E-state index < -0.39 is 46.8 Å². The molecule has 1 N–H and O–H groups in total. The van der Waals surface area contributed by atoms with Gasteiger partial charge in [0.15, 0.2) is 0 Å². The molecule has 1 heterocycles. The summed E-state index contributed by atoms with van der Waals surface area (Å²) in [6.07, 6.45) is -7.25. The van der Waals surface area contributed by atoms with E-state index in [-0.39, 0.29) is 18.4 Å². The van der Waals surface area contributed by atoms with Gasteiger partial charge < -0.3 is 10.2 Å². The van der Waals surface area contributed by atoms with E-state index >= 15 is 0 Å². The third-order valence-corrected chi connectivity index (χ3v) is 7.33. The molecule has 1 atom stereocenters. The van der Waals surface area contributed by atoms with Gasteiger partial charge in [0.05, 0.1) is 33.8 Å². The highest BCUT2D eigenvalue weighted by Gasteiger charge is 2.37. The molecular weight excluding hydrogens is 610 g/mol. The van der Waals surface area contributed by atoms with Gasteiger partial charge in [0, 0.05) is 17.3 Å². The molecule has 6 nitrogen and oxygen atoms in total. The van der Waals surface area contributed by atoms with E-state index in [0.29, 0.717) is 46.6 Å². The molecule has 0 aliphatic rings. The minimum atomic E-state index is -5.09. The summed E-state index contributed by atoms with van der Waals surface area (Å²) >= 11 is 6.06. The number of halogens is 7. The number of nitrogens with one attached hydrogen (secondary N) is 1. The number of benzene rings is 3. The zero-order valence-electron chi connectivity index (χ0n) is 23.8. The third-order valence-electron chi connectivity index (χ3n) is 7.08. The highest BCUT2D eigenvalue weighted by Crippen LogP contribution is 2.38. The molecule has 0 saturated carbocycles. The SMILES string of the molecule is CCCCCCN(C(=O)Nc1cc(C(F)(F)F)cc(C(F)(F)F)c1)C(C)c1nc2ccccc2c(=O)n1-c1ccc(Cl)cc1. The molecular formula is C31H29ClF6N4O2. The highest BCUT2D eigenvalue weighted by atomic mass is 35.5. The van der Waals surface area contributed by atoms with Crippen LogP contribution in [0.4, 0.5) is 36.8 Å². The molecule has 1 unspecified atom stereocenters. The fourth-order valence-electron chi connectivity index (χ4n) is 4.81. The lowest BCUT2D eigenvalue weighted by Crippen LogP contribution is -2.40. The molecule has 0 aliphatic carbocycles. The zero-order chi connectivity index (χ0) is 32.2. The molecule has 4 aromatic rings. The summed E-state index contributed by atoms with van der Waals surface area (Å²) in [5, 5.41) is 2.96.